The topological polar surface area (TPSA) is 136 Å². The van der Waals surface area contributed by atoms with Gasteiger partial charge in [-0.15, -0.1) is 0 Å². The molecule has 3 rings (SSSR count). The quantitative estimate of drug-likeness (QED) is 0.284. The third kappa shape index (κ3) is 4.96. The lowest BCUT2D eigenvalue weighted by Gasteiger charge is -2.48. The first kappa shape index (κ1) is 22.1. The van der Waals surface area contributed by atoms with Crippen LogP contribution >= 0.6 is 0 Å². The molecule has 0 aromatic heterocycles. The maximum absolute atomic E-state index is 12.7. The van der Waals surface area contributed by atoms with Crippen LogP contribution in [0, 0.1) is 10.1 Å². The molecule has 1 aliphatic heterocycles. The SMILES string of the molecule is CC(O)C(C(=O)OCc1ccc([N+](=O)[O-])cc1)N1C(=O)[C@H](N)[C@@H]1C=Cc1ccccc1. The normalized spacial score (nSPS) is 20.2. The molecule has 1 saturated heterocycles. The Morgan fingerprint density at radius 2 is 1.90 bits per heavy atom. The van der Waals surface area contributed by atoms with Crippen molar-refractivity contribution in [3.05, 3.63) is 81.9 Å². The van der Waals surface area contributed by atoms with Gasteiger partial charge in [-0.3, -0.25) is 14.9 Å². The first-order valence-corrected chi connectivity index (χ1v) is 9.68. The molecule has 0 radical (unpaired) electrons. The van der Waals surface area contributed by atoms with Gasteiger partial charge in [0.25, 0.3) is 5.69 Å². The Hall–Kier alpha value is -3.56. The molecular weight excluding hydrogens is 402 g/mol. The van der Waals surface area contributed by atoms with Crippen molar-refractivity contribution >= 4 is 23.6 Å². The second-order valence-electron chi connectivity index (χ2n) is 7.25. The first-order chi connectivity index (χ1) is 14.8. The van der Waals surface area contributed by atoms with Crippen molar-refractivity contribution in [2.75, 3.05) is 0 Å². The number of nitro benzene ring substituents is 1. The maximum atomic E-state index is 12.7. The summed E-state index contributed by atoms with van der Waals surface area (Å²) in [6, 6.07) is 12.3. The van der Waals surface area contributed by atoms with Crippen molar-refractivity contribution in [3.8, 4) is 0 Å². The number of amides is 1. The van der Waals surface area contributed by atoms with Crippen LogP contribution < -0.4 is 5.73 Å². The molecule has 0 bridgehead atoms. The molecule has 0 spiro atoms. The summed E-state index contributed by atoms with van der Waals surface area (Å²) in [6.45, 7) is 1.24. The van der Waals surface area contributed by atoms with Crippen LogP contribution in [0.5, 0.6) is 0 Å². The maximum Gasteiger partial charge on any atom is 0.331 e. The second kappa shape index (κ2) is 9.50. The number of rotatable bonds is 8. The van der Waals surface area contributed by atoms with Crippen LogP contribution in [0.1, 0.15) is 18.1 Å². The molecule has 9 nitrogen and oxygen atoms in total. The van der Waals surface area contributed by atoms with Gasteiger partial charge in [0.05, 0.1) is 17.1 Å². The van der Waals surface area contributed by atoms with E-state index in [0.29, 0.717) is 5.56 Å². The van der Waals surface area contributed by atoms with E-state index in [1.807, 2.05) is 30.3 Å². The number of ether oxygens (including phenoxy) is 1. The van der Waals surface area contributed by atoms with Gasteiger partial charge in [0.2, 0.25) is 5.91 Å². The smallest absolute Gasteiger partial charge is 0.331 e. The van der Waals surface area contributed by atoms with Gasteiger partial charge in [0.1, 0.15) is 12.6 Å². The van der Waals surface area contributed by atoms with E-state index in [4.69, 9.17) is 10.5 Å². The number of non-ortho nitro benzene ring substituents is 1. The molecule has 3 N–H and O–H groups in total. The van der Waals surface area contributed by atoms with Crippen LogP contribution in [0.25, 0.3) is 6.08 Å². The second-order valence-corrected chi connectivity index (χ2v) is 7.25. The lowest BCUT2D eigenvalue weighted by molar-refractivity contribution is -0.384. The van der Waals surface area contributed by atoms with Crippen LogP contribution in [0.15, 0.2) is 60.7 Å². The van der Waals surface area contributed by atoms with E-state index in [0.717, 1.165) is 5.56 Å². The van der Waals surface area contributed by atoms with Gasteiger partial charge in [-0.25, -0.2) is 4.79 Å². The third-order valence-corrected chi connectivity index (χ3v) is 5.04. The number of benzene rings is 2. The number of nitrogens with two attached hydrogens (primary N) is 1. The minimum Gasteiger partial charge on any atom is -0.459 e. The van der Waals surface area contributed by atoms with Gasteiger partial charge in [-0.2, -0.15) is 0 Å². The van der Waals surface area contributed by atoms with Crippen LogP contribution in [-0.4, -0.2) is 51.0 Å². The molecule has 2 aromatic carbocycles. The van der Waals surface area contributed by atoms with E-state index in [9.17, 15) is 24.8 Å². The number of hydrogen-bond donors (Lipinski definition) is 2. The Kier molecular flexibility index (Phi) is 6.78. The van der Waals surface area contributed by atoms with Gasteiger partial charge in [-0.05, 0) is 30.2 Å². The number of aliphatic hydroxyl groups excluding tert-OH is 1. The lowest BCUT2D eigenvalue weighted by atomic mass is 9.90. The standard InChI is InChI=1S/C22H23N3O6/c1-14(26)20(22(28)31-13-16-7-10-17(11-8-16)25(29)30)24-18(19(23)21(24)27)12-9-15-5-3-2-4-6-15/h2-12,14,18-20,26H,13,23H2,1H3/t14?,18-,19+,20?/m0/s1. The van der Waals surface area contributed by atoms with Crippen molar-refractivity contribution in [1.82, 2.24) is 4.90 Å². The zero-order valence-corrected chi connectivity index (χ0v) is 16.8. The van der Waals surface area contributed by atoms with Crippen molar-refractivity contribution in [2.45, 2.75) is 37.8 Å². The fourth-order valence-corrected chi connectivity index (χ4v) is 3.36. The predicted octanol–water partition coefficient (Wildman–Crippen LogP) is 1.64. The number of hydrogen-bond acceptors (Lipinski definition) is 7. The molecule has 4 atom stereocenters. The minimum absolute atomic E-state index is 0.0786. The molecular formula is C22H23N3O6. The van der Waals surface area contributed by atoms with Crippen molar-refractivity contribution < 1.29 is 24.4 Å². The van der Waals surface area contributed by atoms with E-state index in [1.165, 1.54) is 36.1 Å². The fourth-order valence-electron chi connectivity index (χ4n) is 3.36. The van der Waals surface area contributed by atoms with E-state index in [2.05, 4.69) is 0 Å². The first-order valence-electron chi connectivity index (χ1n) is 9.68. The molecule has 1 fully saturated rings. The zero-order chi connectivity index (χ0) is 22.5. The molecule has 9 heteroatoms. The molecule has 162 valence electrons. The highest BCUT2D eigenvalue weighted by atomic mass is 16.6. The van der Waals surface area contributed by atoms with Gasteiger partial charge in [0.15, 0.2) is 6.04 Å². The Bertz CT molecular complexity index is 975. The highest BCUT2D eigenvalue weighted by Gasteiger charge is 2.51. The number of nitro groups is 1. The van der Waals surface area contributed by atoms with Crippen LogP contribution in [0.3, 0.4) is 0 Å². The summed E-state index contributed by atoms with van der Waals surface area (Å²) in [7, 11) is 0. The molecule has 1 amide bonds. The molecule has 2 unspecified atom stereocenters. The zero-order valence-electron chi connectivity index (χ0n) is 16.8. The largest absolute Gasteiger partial charge is 0.459 e. The molecule has 1 heterocycles. The predicted molar refractivity (Wildman–Crippen MR) is 112 cm³/mol. The van der Waals surface area contributed by atoms with Crippen LogP contribution in [0.2, 0.25) is 0 Å². The lowest BCUT2D eigenvalue weighted by Crippen LogP contribution is -2.73. The van der Waals surface area contributed by atoms with Crippen molar-refractivity contribution in [1.29, 1.82) is 0 Å². The summed E-state index contributed by atoms with van der Waals surface area (Å²) in [5.74, 6) is -1.24. The summed E-state index contributed by atoms with van der Waals surface area (Å²) in [6.07, 6.45) is 2.33. The number of aliphatic hydroxyl groups is 1. The van der Waals surface area contributed by atoms with E-state index in [-0.39, 0.29) is 12.3 Å². The number of nitrogens with zero attached hydrogens (tertiary/aromatic N) is 2. The summed E-state index contributed by atoms with van der Waals surface area (Å²) in [5.41, 5.74) is 7.30. The van der Waals surface area contributed by atoms with Gasteiger partial charge in [0, 0.05) is 12.1 Å². The average molecular weight is 425 g/mol. The third-order valence-electron chi connectivity index (χ3n) is 5.04. The van der Waals surface area contributed by atoms with Crippen LogP contribution in [-0.2, 0) is 20.9 Å². The Labute approximate surface area is 178 Å². The Morgan fingerprint density at radius 1 is 1.26 bits per heavy atom. The van der Waals surface area contributed by atoms with Crippen LogP contribution in [0.4, 0.5) is 5.69 Å². The summed E-state index contributed by atoms with van der Waals surface area (Å²) in [5, 5.41) is 20.9. The molecule has 1 aliphatic rings. The molecule has 31 heavy (non-hydrogen) atoms. The van der Waals surface area contributed by atoms with Gasteiger partial charge in [-0.1, -0.05) is 42.5 Å². The number of β-lactam (4-membered cyclic amide) rings is 1. The number of carbonyl (C=O) groups excluding carboxylic acids is 2. The van der Waals surface area contributed by atoms with Gasteiger partial charge >= 0.3 is 5.97 Å². The number of likely N-dealkylation sites (tertiary alicyclic amines) is 1. The summed E-state index contributed by atoms with van der Waals surface area (Å²) in [4.78, 5) is 36.5. The molecule has 2 aromatic rings. The highest BCUT2D eigenvalue weighted by molar-refractivity contribution is 5.94. The fraction of sp³-hybridized carbons (Fsp3) is 0.273. The van der Waals surface area contributed by atoms with Gasteiger partial charge < -0.3 is 20.5 Å². The van der Waals surface area contributed by atoms with Crippen molar-refractivity contribution in [2.24, 2.45) is 5.73 Å². The minimum atomic E-state index is -1.23. The molecule has 0 saturated carbocycles. The summed E-state index contributed by atoms with van der Waals surface area (Å²) >= 11 is 0. The highest BCUT2D eigenvalue weighted by Crippen LogP contribution is 2.26. The number of carbonyl (C=O) groups is 2. The molecule has 0 aliphatic carbocycles. The number of esters is 1. The Balaban J connectivity index is 1.70. The Morgan fingerprint density at radius 3 is 2.48 bits per heavy atom. The van der Waals surface area contributed by atoms with E-state index >= 15 is 0 Å². The van der Waals surface area contributed by atoms with Crippen molar-refractivity contribution in [3.63, 3.8) is 0 Å². The average Bonchev–Trinajstić information content (AvgIpc) is 2.77. The van der Waals surface area contributed by atoms with E-state index in [1.54, 1.807) is 12.2 Å². The summed E-state index contributed by atoms with van der Waals surface area (Å²) < 4.78 is 5.28. The van der Waals surface area contributed by atoms with E-state index < -0.39 is 41.0 Å². The monoisotopic (exact) mass is 425 g/mol.